The lowest BCUT2D eigenvalue weighted by atomic mass is 10.0. The summed E-state index contributed by atoms with van der Waals surface area (Å²) in [5, 5.41) is 3.30. The summed E-state index contributed by atoms with van der Waals surface area (Å²) in [4.78, 5) is 0. The SMILES string of the molecule is CCNC(C)c1cc(F)c(C)cc1Oc1cccc(I)c1. The number of nitrogens with one attached hydrogen (secondary N) is 1. The summed E-state index contributed by atoms with van der Waals surface area (Å²) in [5.74, 6) is 1.26. The van der Waals surface area contributed by atoms with Crippen molar-refractivity contribution in [3.8, 4) is 11.5 Å². The fraction of sp³-hybridized carbons (Fsp3) is 0.294. The monoisotopic (exact) mass is 399 g/mol. The third-order valence-corrected chi connectivity index (χ3v) is 3.96. The zero-order valence-corrected chi connectivity index (χ0v) is 14.6. The van der Waals surface area contributed by atoms with Crippen molar-refractivity contribution in [1.82, 2.24) is 5.32 Å². The molecule has 112 valence electrons. The second kappa shape index (κ2) is 7.22. The number of hydrogen-bond donors (Lipinski definition) is 1. The summed E-state index contributed by atoms with van der Waals surface area (Å²) in [7, 11) is 0. The van der Waals surface area contributed by atoms with Gasteiger partial charge < -0.3 is 10.1 Å². The fourth-order valence-corrected chi connectivity index (χ4v) is 2.69. The van der Waals surface area contributed by atoms with Crippen LogP contribution in [-0.4, -0.2) is 6.54 Å². The van der Waals surface area contributed by atoms with E-state index >= 15 is 0 Å². The van der Waals surface area contributed by atoms with Gasteiger partial charge >= 0.3 is 0 Å². The van der Waals surface area contributed by atoms with Crippen LogP contribution in [0, 0.1) is 16.3 Å². The fourth-order valence-electron chi connectivity index (χ4n) is 2.17. The smallest absolute Gasteiger partial charge is 0.132 e. The van der Waals surface area contributed by atoms with Crippen molar-refractivity contribution < 1.29 is 9.13 Å². The molecule has 2 aromatic carbocycles. The molecule has 0 fully saturated rings. The van der Waals surface area contributed by atoms with Gasteiger partial charge in [0.05, 0.1) is 0 Å². The Balaban J connectivity index is 2.39. The molecule has 21 heavy (non-hydrogen) atoms. The van der Waals surface area contributed by atoms with Crippen LogP contribution in [0.25, 0.3) is 0 Å². The van der Waals surface area contributed by atoms with Crippen molar-refractivity contribution in [3.63, 3.8) is 0 Å². The Morgan fingerprint density at radius 3 is 2.71 bits per heavy atom. The van der Waals surface area contributed by atoms with E-state index in [0.29, 0.717) is 11.3 Å². The summed E-state index contributed by atoms with van der Waals surface area (Å²) in [6.07, 6.45) is 0. The molecule has 1 N–H and O–H groups in total. The molecule has 0 heterocycles. The van der Waals surface area contributed by atoms with Crippen molar-refractivity contribution in [3.05, 3.63) is 56.9 Å². The quantitative estimate of drug-likeness (QED) is 0.698. The summed E-state index contributed by atoms with van der Waals surface area (Å²) < 4.78 is 21.0. The molecule has 0 saturated heterocycles. The number of benzene rings is 2. The van der Waals surface area contributed by atoms with E-state index in [2.05, 4.69) is 27.9 Å². The highest BCUT2D eigenvalue weighted by Gasteiger charge is 2.15. The molecule has 0 spiro atoms. The largest absolute Gasteiger partial charge is 0.457 e. The van der Waals surface area contributed by atoms with Gasteiger partial charge in [0.25, 0.3) is 0 Å². The summed E-state index contributed by atoms with van der Waals surface area (Å²) >= 11 is 2.24. The lowest BCUT2D eigenvalue weighted by Crippen LogP contribution is -2.18. The number of halogens is 2. The Kier molecular flexibility index (Phi) is 5.58. The molecule has 2 nitrogen and oxygen atoms in total. The Labute approximate surface area is 138 Å². The molecule has 1 atom stereocenters. The van der Waals surface area contributed by atoms with E-state index in [1.807, 2.05) is 38.1 Å². The number of ether oxygens (including phenoxy) is 1. The van der Waals surface area contributed by atoms with Gasteiger partial charge in [-0.05, 0) is 78.9 Å². The molecule has 0 aromatic heterocycles. The van der Waals surface area contributed by atoms with Gasteiger partial charge in [-0.15, -0.1) is 0 Å². The van der Waals surface area contributed by atoms with Crippen LogP contribution in [0.15, 0.2) is 36.4 Å². The summed E-state index contributed by atoms with van der Waals surface area (Å²) in [6.45, 7) is 6.61. The van der Waals surface area contributed by atoms with Gasteiger partial charge in [0.15, 0.2) is 0 Å². The Hall–Kier alpha value is -1.14. The van der Waals surface area contributed by atoms with E-state index in [1.165, 1.54) is 0 Å². The van der Waals surface area contributed by atoms with Gasteiger partial charge in [-0.3, -0.25) is 0 Å². The van der Waals surface area contributed by atoms with Gasteiger partial charge in [0, 0.05) is 15.2 Å². The molecule has 0 saturated carbocycles. The topological polar surface area (TPSA) is 21.3 Å². The minimum atomic E-state index is -0.204. The average Bonchev–Trinajstić information content (AvgIpc) is 2.43. The average molecular weight is 399 g/mol. The van der Waals surface area contributed by atoms with E-state index in [0.717, 1.165) is 21.4 Å². The highest BCUT2D eigenvalue weighted by atomic mass is 127. The van der Waals surface area contributed by atoms with Crippen LogP contribution in [0.5, 0.6) is 11.5 Å². The van der Waals surface area contributed by atoms with Crippen LogP contribution >= 0.6 is 22.6 Å². The molecule has 2 aromatic rings. The minimum Gasteiger partial charge on any atom is -0.457 e. The second-order valence-corrected chi connectivity index (χ2v) is 6.22. The van der Waals surface area contributed by atoms with E-state index in [9.17, 15) is 4.39 Å². The molecule has 1 unspecified atom stereocenters. The first-order valence-electron chi connectivity index (χ1n) is 6.98. The van der Waals surface area contributed by atoms with Crippen LogP contribution in [0.4, 0.5) is 4.39 Å². The van der Waals surface area contributed by atoms with Crippen LogP contribution in [-0.2, 0) is 0 Å². The molecule has 0 amide bonds. The van der Waals surface area contributed by atoms with Crippen molar-refractivity contribution in [1.29, 1.82) is 0 Å². The van der Waals surface area contributed by atoms with Crippen LogP contribution < -0.4 is 10.1 Å². The normalized spacial score (nSPS) is 12.2. The van der Waals surface area contributed by atoms with Gasteiger partial charge in [-0.2, -0.15) is 0 Å². The molecule has 0 aliphatic heterocycles. The van der Waals surface area contributed by atoms with Crippen LogP contribution in [0.2, 0.25) is 0 Å². The highest BCUT2D eigenvalue weighted by Crippen LogP contribution is 2.32. The van der Waals surface area contributed by atoms with Gasteiger partial charge in [-0.25, -0.2) is 4.39 Å². The third kappa shape index (κ3) is 4.17. The van der Waals surface area contributed by atoms with Crippen molar-refractivity contribution in [2.24, 2.45) is 0 Å². The van der Waals surface area contributed by atoms with Gasteiger partial charge in [-0.1, -0.05) is 13.0 Å². The zero-order valence-electron chi connectivity index (χ0n) is 12.4. The Morgan fingerprint density at radius 2 is 2.05 bits per heavy atom. The maximum Gasteiger partial charge on any atom is 0.132 e. The third-order valence-electron chi connectivity index (χ3n) is 3.29. The van der Waals surface area contributed by atoms with Crippen LogP contribution in [0.3, 0.4) is 0 Å². The van der Waals surface area contributed by atoms with Gasteiger partial charge in [0.2, 0.25) is 0 Å². The number of aryl methyl sites for hydroxylation is 1. The minimum absolute atomic E-state index is 0.0304. The molecule has 0 aliphatic rings. The first-order chi connectivity index (χ1) is 10.0. The van der Waals surface area contributed by atoms with Crippen molar-refractivity contribution >= 4 is 22.6 Å². The summed E-state index contributed by atoms with van der Waals surface area (Å²) in [5.41, 5.74) is 1.42. The lowest BCUT2D eigenvalue weighted by Gasteiger charge is -2.18. The van der Waals surface area contributed by atoms with Crippen LogP contribution in [0.1, 0.15) is 31.0 Å². The van der Waals surface area contributed by atoms with Crippen molar-refractivity contribution in [2.45, 2.75) is 26.8 Å². The standard InChI is InChI=1S/C17H19FINO/c1-4-20-12(3)15-10-16(18)11(2)8-17(15)21-14-7-5-6-13(19)9-14/h5-10,12,20H,4H2,1-3H3. The highest BCUT2D eigenvalue weighted by molar-refractivity contribution is 14.1. The number of rotatable bonds is 5. The van der Waals surface area contributed by atoms with E-state index in [1.54, 1.807) is 19.1 Å². The molecule has 0 aliphatic carbocycles. The first-order valence-corrected chi connectivity index (χ1v) is 8.06. The second-order valence-electron chi connectivity index (χ2n) is 4.98. The van der Waals surface area contributed by atoms with E-state index in [4.69, 9.17) is 4.74 Å². The molecular weight excluding hydrogens is 380 g/mol. The summed E-state index contributed by atoms with van der Waals surface area (Å²) in [6, 6.07) is 11.2. The molecule has 4 heteroatoms. The van der Waals surface area contributed by atoms with Gasteiger partial charge in [0.1, 0.15) is 17.3 Å². The maximum atomic E-state index is 13.9. The molecular formula is C17H19FINO. The van der Waals surface area contributed by atoms with Crippen molar-refractivity contribution in [2.75, 3.05) is 6.54 Å². The van der Waals surface area contributed by atoms with E-state index < -0.39 is 0 Å². The Bertz CT molecular complexity index is 630. The zero-order chi connectivity index (χ0) is 15.4. The Morgan fingerprint density at radius 1 is 1.29 bits per heavy atom. The molecule has 2 rings (SSSR count). The lowest BCUT2D eigenvalue weighted by molar-refractivity contribution is 0.458. The predicted molar refractivity (Wildman–Crippen MR) is 92.5 cm³/mol. The first kappa shape index (κ1) is 16.2. The number of hydrogen-bond acceptors (Lipinski definition) is 2. The molecule has 0 radical (unpaired) electrons. The maximum absolute atomic E-state index is 13.9. The van der Waals surface area contributed by atoms with E-state index in [-0.39, 0.29) is 11.9 Å². The predicted octanol–water partition coefficient (Wildman–Crippen LogP) is 5.20. The molecule has 0 bridgehead atoms.